The van der Waals surface area contributed by atoms with Crippen LogP contribution in [0.4, 0.5) is 18.9 Å². The Bertz CT molecular complexity index is 907. The molecule has 0 atom stereocenters. The van der Waals surface area contributed by atoms with E-state index in [0.717, 1.165) is 4.68 Å². The predicted molar refractivity (Wildman–Crippen MR) is 116 cm³/mol. The van der Waals surface area contributed by atoms with Crippen LogP contribution in [0.1, 0.15) is 18.2 Å². The van der Waals surface area contributed by atoms with Gasteiger partial charge < -0.3 is 15.1 Å². The van der Waals surface area contributed by atoms with E-state index in [4.69, 9.17) is 0 Å². The molecule has 0 radical (unpaired) electrons. The number of carbonyl (C=O) groups is 1. The van der Waals surface area contributed by atoms with E-state index in [1.54, 1.807) is 33.9 Å². The summed E-state index contributed by atoms with van der Waals surface area (Å²) in [6.07, 6.45) is 0.138. The number of hydrogen-bond donors (Lipinski definition) is 1. The molecule has 3 heterocycles. The highest BCUT2D eigenvalue weighted by Gasteiger charge is 2.37. The average Bonchev–Trinajstić information content (AvgIpc) is 3.24. The molecule has 2 aromatic heterocycles. The van der Waals surface area contributed by atoms with Gasteiger partial charge in [0.2, 0.25) is 5.91 Å². The van der Waals surface area contributed by atoms with Crippen molar-refractivity contribution in [2.75, 3.05) is 31.1 Å². The zero-order valence-electron chi connectivity index (χ0n) is 16.8. The Balaban J connectivity index is 0.00000320. The van der Waals surface area contributed by atoms with Gasteiger partial charge in [-0.15, -0.1) is 24.0 Å². The van der Waals surface area contributed by atoms with Crippen LogP contribution in [-0.2, 0) is 31.6 Å². The van der Waals surface area contributed by atoms with Crippen molar-refractivity contribution in [1.29, 1.82) is 0 Å². The molecule has 13 heteroatoms. The van der Waals surface area contributed by atoms with Crippen LogP contribution in [0.3, 0.4) is 0 Å². The number of piperazine rings is 1. The number of anilines is 1. The summed E-state index contributed by atoms with van der Waals surface area (Å²) in [4.78, 5) is 20.3. The summed E-state index contributed by atoms with van der Waals surface area (Å²) < 4.78 is 42.2. The van der Waals surface area contributed by atoms with E-state index in [1.807, 2.05) is 6.92 Å². The molecule has 1 aliphatic rings. The molecule has 0 aliphatic carbocycles. The molecule has 30 heavy (non-hydrogen) atoms. The third kappa shape index (κ3) is 5.43. The maximum atomic E-state index is 13.1. The van der Waals surface area contributed by atoms with E-state index >= 15 is 0 Å². The molecule has 1 amide bonds. The molecule has 3 rings (SSSR count). The molecule has 0 bridgehead atoms. The van der Waals surface area contributed by atoms with Crippen molar-refractivity contribution in [3.63, 3.8) is 0 Å². The zero-order valence-corrected chi connectivity index (χ0v) is 19.2. The van der Waals surface area contributed by atoms with E-state index in [9.17, 15) is 18.0 Å². The van der Waals surface area contributed by atoms with E-state index in [-0.39, 0.29) is 48.5 Å². The number of alkyl halides is 3. The predicted octanol–water partition coefficient (Wildman–Crippen LogP) is 1.60. The number of hydrogen-bond acceptors (Lipinski definition) is 4. The lowest BCUT2D eigenvalue weighted by Gasteiger charge is -2.35. The lowest BCUT2D eigenvalue weighted by atomic mass is 10.2. The van der Waals surface area contributed by atoms with Gasteiger partial charge in [0.25, 0.3) is 0 Å². The van der Waals surface area contributed by atoms with Crippen molar-refractivity contribution in [1.82, 2.24) is 29.8 Å². The van der Waals surface area contributed by atoms with Gasteiger partial charge >= 0.3 is 6.18 Å². The molecular formula is C17H24F3IN8O. The second-order valence-corrected chi connectivity index (χ2v) is 6.68. The Labute approximate surface area is 188 Å². The summed E-state index contributed by atoms with van der Waals surface area (Å²) in [7, 11) is 3.21. The monoisotopic (exact) mass is 540 g/mol. The summed E-state index contributed by atoms with van der Waals surface area (Å²) in [5.41, 5.74) is -0.253. The molecule has 166 valence electrons. The van der Waals surface area contributed by atoms with Gasteiger partial charge in [-0.1, -0.05) is 0 Å². The van der Waals surface area contributed by atoms with Crippen LogP contribution in [0, 0.1) is 0 Å². The number of halogens is 4. The molecule has 9 nitrogen and oxygen atoms in total. The summed E-state index contributed by atoms with van der Waals surface area (Å²) in [6, 6.07) is 0. The molecule has 0 unspecified atom stereocenters. The third-order valence-corrected chi connectivity index (χ3v) is 4.43. The van der Waals surface area contributed by atoms with Crippen LogP contribution in [0.15, 0.2) is 23.6 Å². The first-order chi connectivity index (χ1) is 13.7. The van der Waals surface area contributed by atoms with Crippen molar-refractivity contribution in [2.45, 2.75) is 19.6 Å². The maximum Gasteiger partial charge on any atom is 0.435 e. The van der Waals surface area contributed by atoms with E-state index in [1.165, 1.54) is 13.2 Å². The molecule has 1 N–H and O–H groups in total. The van der Waals surface area contributed by atoms with Gasteiger partial charge in [-0.2, -0.15) is 23.4 Å². The highest BCUT2D eigenvalue weighted by atomic mass is 127. The highest BCUT2D eigenvalue weighted by molar-refractivity contribution is 14.0. The minimum Gasteiger partial charge on any atom is -0.356 e. The Hall–Kier alpha value is -2.32. The van der Waals surface area contributed by atoms with E-state index in [2.05, 4.69) is 20.5 Å². The standard InChI is InChI=1S/C17H23F3N8O.HI/c1-4-21-16(22-7-12-9-26(3)24-15(12)17(18,19)20)27-5-6-28(14(29)11-27)13-8-23-25(2)10-13;/h8-10H,4-7,11H2,1-3H3,(H,21,22);1H. The topological polar surface area (TPSA) is 83.6 Å². The van der Waals surface area contributed by atoms with E-state index in [0.29, 0.717) is 31.3 Å². The average molecular weight is 540 g/mol. The Morgan fingerprint density at radius 2 is 1.97 bits per heavy atom. The number of carbonyl (C=O) groups excluding carboxylic acids is 1. The number of nitrogens with zero attached hydrogens (tertiary/aromatic N) is 7. The third-order valence-electron chi connectivity index (χ3n) is 4.43. The minimum absolute atomic E-state index is 0. The smallest absolute Gasteiger partial charge is 0.356 e. The van der Waals surface area contributed by atoms with Gasteiger partial charge in [0.05, 0.1) is 18.4 Å². The largest absolute Gasteiger partial charge is 0.435 e. The maximum absolute atomic E-state index is 13.1. The van der Waals surface area contributed by atoms with Gasteiger partial charge in [0, 0.05) is 51.7 Å². The first kappa shape index (κ1) is 24.0. The first-order valence-corrected chi connectivity index (χ1v) is 9.11. The lowest BCUT2D eigenvalue weighted by Crippen LogP contribution is -2.55. The molecule has 0 saturated carbocycles. The highest BCUT2D eigenvalue weighted by Crippen LogP contribution is 2.30. The van der Waals surface area contributed by atoms with Crippen molar-refractivity contribution >= 4 is 41.5 Å². The van der Waals surface area contributed by atoms with Crippen molar-refractivity contribution in [3.8, 4) is 0 Å². The molecular weight excluding hydrogens is 516 g/mol. The van der Waals surface area contributed by atoms with Crippen LogP contribution in [0.2, 0.25) is 0 Å². The Morgan fingerprint density at radius 1 is 1.23 bits per heavy atom. The van der Waals surface area contributed by atoms with Gasteiger partial charge in [-0.05, 0) is 6.92 Å². The number of aromatic nitrogens is 4. The fourth-order valence-corrected chi connectivity index (χ4v) is 3.15. The van der Waals surface area contributed by atoms with Crippen molar-refractivity contribution in [2.24, 2.45) is 19.1 Å². The van der Waals surface area contributed by atoms with Crippen LogP contribution in [0.5, 0.6) is 0 Å². The number of aryl methyl sites for hydroxylation is 2. The Morgan fingerprint density at radius 3 is 2.53 bits per heavy atom. The van der Waals surface area contributed by atoms with Gasteiger partial charge in [-0.25, -0.2) is 4.99 Å². The number of guanidine groups is 1. The molecule has 1 saturated heterocycles. The van der Waals surface area contributed by atoms with Crippen LogP contribution in [-0.4, -0.2) is 62.5 Å². The lowest BCUT2D eigenvalue weighted by molar-refractivity contribution is -0.142. The normalized spacial score (nSPS) is 15.4. The first-order valence-electron chi connectivity index (χ1n) is 9.11. The van der Waals surface area contributed by atoms with Crippen LogP contribution < -0.4 is 10.2 Å². The number of amides is 1. The van der Waals surface area contributed by atoms with Gasteiger partial charge in [0.1, 0.15) is 6.54 Å². The van der Waals surface area contributed by atoms with Crippen LogP contribution >= 0.6 is 24.0 Å². The number of rotatable bonds is 4. The van der Waals surface area contributed by atoms with Crippen molar-refractivity contribution < 1.29 is 18.0 Å². The second-order valence-electron chi connectivity index (χ2n) is 6.68. The zero-order chi connectivity index (χ0) is 21.2. The fraction of sp³-hybridized carbons (Fsp3) is 0.529. The van der Waals surface area contributed by atoms with Crippen molar-refractivity contribution in [3.05, 3.63) is 29.8 Å². The summed E-state index contributed by atoms with van der Waals surface area (Å²) in [5, 5.41) is 10.6. The quantitative estimate of drug-likeness (QED) is 0.362. The number of aliphatic imine (C=N–C) groups is 1. The fourth-order valence-electron chi connectivity index (χ4n) is 3.15. The SMILES string of the molecule is CCNC(=NCc1cn(C)nc1C(F)(F)F)N1CCN(c2cnn(C)c2)C(=O)C1.I. The summed E-state index contributed by atoms with van der Waals surface area (Å²) in [6.45, 7) is 3.17. The van der Waals surface area contributed by atoms with Crippen LogP contribution in [0.25, 0.3) is 0 Å². The molecule has 0 aromatic carbocycles. The summed E-state index contributed by atoms with van der Waals surface area (Å²) in [5.74, 6) is 0.260. The molecule has 0 spiro atoms. The van der Waals surface area contributed by atoms with Gasteiger partial charge in [0.15, 0.2) is 11.7 Å². The molecule has 2 aromatic rings. The molecule has 1 fully saturated rings. The minimum atomic E-state index is -4.55. The second kappa shape index (κ2) is 9.66. The number of nitrogens with one attached hydrogen (secondary N) is 1. The molecule has 1 aliphatic heterocycles. The van der Waals surface area contributed by atoms with E-state index < -0.39 is 11.9 Å². The summed E-state index contributed by atoms with van der Waals surface area (Å²) >= 11 is 0. The Kier molecular flexibility index (Phi) is 7.71. The van der Waals surface area contributed by atoms with Gasteiger partial charge in [-0.3, -0.25) is 14.2 Å².